The Morgan fingerprint density at radius 3 is 2.08 bits per heavy atom. The summed E-state index contributed by atoms with van der Waals surface area (Å²) in [7, 11) is 0. The summed E-state index contributed by atoms with van der Waals surface area (Å²) >= 11 is 0. The highest BCUT2D eigenvalue weighted by atomic mass is 19.1. The van der Waals surface area contributed by atoms with Crippen LogP contribution in [0.5, 0.6) is 0 Å². The van der Waals surface area contributed by atoms with Crippen molar-refractivity contribution >= 4 is 5.78 Å². The lowest BCUT2D eigenvalue weighted by Crippen LogP contribution is -2.04. The van der Waals surface area contributed by atoms with Crippen molar-refractivity contribution in [1.29, 1.82) is 0 Å². The van der Waals surface area contributed by atoms with Gasteiger partial charge >= 0.3 is 0 Å². The molecule has 0 N–H and O–H groups in total. The molecule has 0 heterocycles. The third-order valence-electron chi connectivity index (χ3n) is 1.37. The van der Waals surface area contributed by atoms with E-state index < -0.39 is 28.8 Å². The molecule has 0 bridgehead atoms. The molecule has 0 spiro atoms. The second kappa shape index (κ2) is 3.31. The number of rotatable bonds is 1. The smallest absolute Gasteiger partial charge is 0.241 e. The van der Waals surface area contributed by atoms with Crippen LogP contribution in [0.3, 0.4) is 0 Å². The number of ketones is 1. The van der Waals surface area contributed by atoms with E-state index in [-0.39, 0.29) is 0 Å². The van der Waals surface area contributed by atoms with Crippen molar-refractivity contribution < 1.29 is 18.0 Å². The number of Topliss-reactive ketones (excluding diaryl/α,β-unsaturated/α-hetero) is 1. The second-order valence-electron chi connectivity index (χ2n) is 2.22. The fourth-order valence-corrected chi connectivity index (χ4v) is 0.831. The zero-order chi connectivity index (χ0) is 10.0. The van der Waals surface area contributed by atoms with Gasteiger partial charge in [-0.15, -0.1) is 6.42 Å². The average Bonchev–Trinajstić information content (AvgIpc) is 2.02. The minimum absolute atomic E-state index is 0.396. The van der Waals surface area contributed by atoms with E-state index in [1.54, 1.807) is 5.92 Å². The maximum Gasteiger partial charge on any atom is 0.241 e. The van der Waals surface area contributed by atoms with Crippen molar-refractivity contribution in [1.82, 2.24) is 0 Å². The first-order chi connectivity index (χ1) is 6.06. The molecular formula is C9H3F3O. The van der Waals surface area contributed by atoms with E-state index in [1.807, 2.05) is 0 Å². The summed E-state index contributed by atoms with van der Waals surface area (Å²) in [6, 6.07) is 0.793. The van der Waals surface area contributed by atoms with Gasteiger partial charge in [-0.1, -0.05) is 0 Å². The summed E-state index contributed by atoms with van der Waals surface area (Å²) in [4.78, 5) is 10.7. The fraction of sp³-hybridized carbons (Fsp3) is 0. The number of hydrogen-bond acceptors (Lipinski definition) is 1. The van der Waals surface area contributed by atoms with Gasteiger partial charge in [0.25, 0.3) is 0 Å². The highest BCUT2D eigenvalue weighted by molar-refractivity contribution is 6.08. The van der Waals surface area contributed by atoms with Crippen LogP contribution in [0, 0.1) is 29.8 Å². The van der Waals surface area contributed by atoms with E-state index in [4.69, 9.17) is 0 Å². The molecule has 0 aliphatic carbocycles. The standard InChI is InChI=1S/C9H3F3O/c1-2-8(13)9-6(11)3-5(10)4-7(9)12/h1,3-4H. The molecular weight excluding hydrogens is 181 g/mol. The Morgan fingerprint density at radius 2 is 1.69 bits per heavy atom. The van der Waals surface area contributed by atoms with Crippen LogP contribution in [0.4, 0.5) is 13.2 Å². The third-order valence-corrected chi connectivity index (χ3v) is 1.37. The molecule has 4 heteroatoms. The highest BCUT2D eigenvalue weighted by Crippen LogP contribution is 2.14. The fourth-order valence-electron chi connectivity index (χ4n) is 0.831. The van der Waals surface area contributed by atoms with Crippen molar-refractivity contribution in [3.05, 3.63) is 35.1 Å². The molecule has 0 atom stereocenters. The Bertz CT molecular complexity index is 381. The summed E-state index contributed by atoms with van der Waals surface area (Å²) in [5.74, 6) is -3.28. The van der Waals surface area contributed by atoms with Crippen LogP contribution in [0.2, 0.25) is 0 Å². The molecule has 0 saturated heterocycles. The zero-order valence-electron chi connectivity index (χ0n) is 6.27. The molecule has 66 valence electrons. The molecule has 1 nitrogen and oxygen atoms in total. The molecule has 0 aliphatic heterocycles. The van der Waals surface area contributed by atoms with Gasteiger partial charge in [0, 0.05) is 12.1 Å². The molecule has 0 aliphatic rings. The Morgan fingerprint density at radius 1 is 1.23 bits per heavy atom. The predicted molar refractivity (Wildman–Crippen MR) is 39.5 cm³/mol. The van der Waals surface area contributed by atoms with Gasteiger partial charge in [-0.2, -0.15) is 0 Å². The van der Waals surface area contributed by atoms with Gasteiger partial charge in [0.2, 0.25) is 5.78 Å². The zero-order valence-corrected chi connectivity index (χ0v) is 6.27. The van der Waals surface area contributed by atoms with Crippen molar-refractivity contribution in [3.8, 4) is 12.3 Å². The van der Waals surface area contributed by atoms with E-state index in [1.165, 1.54) is 0 Å². The molecule has 13 heavy (non-hydrogen) atoms. The number of hydrogen-bond donors (Lipinski definition) is 0. The maximum absolute atomic E-state index is 12.8. The van der Waals surface area contributed by atoms with Crippen LogP contribution in [0.15, 0.2) is 12.1 Å². The first-order valence-electron chi connectivity index (χ1n) is 3.21. The molecule has 0 amide bonds. The molecule has 1 rings (SSSR count). The quantitative estimate of drug-likeness (QED) is 0.370. The SMILES string of the molecule is C#CC(=O)c1c(F)cc(F)cc1F. The Labute approximate surface area is 72.2 Å². The number of carbonyl (C=O) groups excluding carboxylic acids is 1. The van der Waals surface area contributed by atoms with E-state index in [0.29, 0.717) is 12.1 Å². The third kappa shape index (κ3) is 1.70. The second-order valence-corrected chi connectivity index (χ2v) is 2.22. The molecule has 0 radical (unpaired) electrons. The van der Waals surface area contributed by atoms with Crippen LogP contribution in [-0.4, -0.2) is 5.78 Å². The van der Waals surface area contributed by atoms with E-state index in [0.717, 1.165) is 0 Å². The number of carbonyl (C=O) groups is 1. The number of benzene rings is 1. The van der Waals surface area contributed by atoms with Crippen LogP contribution in [0.25, 0.3) is 0 Å². The van der Waals surface area contributed by atoms with Gasteiger partial charge in [-0.25, -0.2) is 13.2 Å². The van der Waals surface area contributed by atoms with E-state index in [9.17, 15) is 18.0 Å². The summed E-state index contributed by atoms with van der Waals surface area (Å²) in [6.07, 6.45) is 4.65. The van der Waals surface area contributed by atoms with Gasteiger partial charge in [0.1, 0.15) is 23.0 Å². The van der Waals surface area contributed by atoms with Crippen molar-refractivity contribution in [2.75, 3.05) is 0 Å². The summed E-state index contributed by atoms with van der Waals surface area (Å²) in [5, 5.41) is 0. The number of terminal acetylenes is 1. The maximum atomic E-state index is 12.8. The normalized spacial score (nSPS) is 9.38. The lowest BCUT2D eigenvalue weighted by Gasteiger charge is -1.98. The summed E-state index contributed by atoms with van der Waals surface area (Å²) in [5.41, 5.74) is -0.899. The van der Waals surface area contributed by atoms with Gasteiger partial charge < -0.3 is 0 Å². The molecule has 0 fully saturated rings. The average molecular weight is 184 g/mol. The number of halogens is 3. The largest absolute Gasteiger partial charge is 0.279 e. The molecule has 0 unspecified atom stereocenters. The predicted octanol–water partition coefficient (Wildman–Crippen LogP) is 1.92. The van der Waals surface area contributed by atoms with Gasteiger partial charge in [-0.05, 0) is 5.92 Å². The van der Waals surface area contributed by atoms with Crippen LogP contribution in [-0.2, 0) is 0 Å². The van der Waals surface area contributed by atoms with Crippen LogP contribution < -0.4 is 0 Å². The molecule has 0 aromatic heterocycles. The Balaban J connectivity index is 3.39. The van der Waals surface area contributed by atoms with Gasteiger partial charge in [0.15, 0.2) is 0 Å². The van der Waals surface area contributed by atoms with Gasteiger partial charge in [-0.3, -0.25) is 4.79 Å². The molecule has 0 saturated carbocycles. The summed E-state index contributed by atoms with van der Waals surface area (Å²) < 4.78 is 37.8. The minimum atomic E-state index is -1.29. The molecule has 1 aromatic rings. The lowest BCUT2D eigenvalue weighted by molar-refractivity contribution is 0.104. The van der Waals surface area contributed by atoms with Gasteiger partial charge in [0.05, 0.1) is 0 Å². The van der Waals surface area contributed by atoms with Crippen molar-refractivity contribution in [2.45, 2.75) is 0 Å². The summed E-state index contributed by atoms with van der Waals surface area (Å²) in [6.45, 7) is 0. The topological polar surface area (TPSA) is 17.1 Å². The van der Waals surface area contributed by atoms with E-state index >= 15 is 0 Å². The highest BCUT2D eigenvalue weighted by Gasteiger charge is 2.16. The first kappa shape index (κ1) is 9.33. The van der Waals surface area contributed by atoms with Crippen LogP contribution in [0.1, 0.15) is 10.4 Å². The van der Waals surface area contributed by atoms with E-state index in [2.05, 4.69) is 6.42 Å². The molecule has 1 aromatic carbocycles. The first-order valence-corrected chi connectivity index (χ1v) is 3.21. The van der Waals surface area contributed by atoms with Crippen LogP contribution >= 0.6 is 0 Å². The van der Waals surface area contributed by atoms with Crippen molar-refractivity contribution in [2.24, 2.45) is 0 Å². The lowest BCUT2D eigenvalue weighted by atomic mass is 10.1. The minimum Gasteiger partial charge on any atom is -0.279 e. The Kier molecular flexibility index (Phi) is 2.38. The van der Waals surface area contributed by atoms with Crippen molar-refractivity contribution in [3.63, 3.8) is 0 Å². The Hall–Kier alpha value is -1.76. The monoisotopic (exact) mass is 184 g/mol.